The zero-order valence-corrected chi connectivity index (χ0v) is 17.8. The predicted octanol–water partition coefficient (Wildman–Crippen LogP) is 6.84. The fourth-order valence-electron chi connectivity index (χ4n) is 2.78. The van der Waals surface area contributed by atoms with Gasteiger partial charge in [0, 0.05) is 38.4 Å². The van der Waals surface area contributed by atoms with E-state index in [1.807, 2.05) is 6.92 Å². The third kappa shape index (κ3) is 5.36. The summed E-state index contributed by atoms with van der Waals surface area (Å²) in [5.41, 5.74) is 3.40. The number of carboxylic acid groups (broad SMARTS) is 1. The Labute approximate surface area is 184 Å². The number of rotatable bonds is 7. The topological polar surface area (TPSA) is 58.6 Å². The number of hydrogen-bond donors (Lipinski definition) is 2. The van der Waals surface area contributed by atoms with Gasteiger partial charge < -0.3 is 15.2 Å². The highest BCUT2D eigenvalue weighted by Crippen LogP contribution is 2.29. The Hall–Kier alpha value is -2.40. The van der Waals surface area contributed by atoms with Crippen LogP contribution in [0.25, 0.3) is 0 Å². The second-order valence-electron chi connectivity index (χ2n) is 6.43. The van der Waals surface area contributed by atoms with Crippen LogP contribution in [0.15, 0.2) is 54.6 Å². The Morgan fingerprint density at radius 1 is 1.03 bits per heavy atom. The number of halogens is 3. The fourth-order valence-corrected chi connectivity index (χ4v) is 3.48. The van der Waals surface area contributed by atoms with Crippen molar-refractivity contribution in [1.82, 2.24) is 0 Å². The molecule has 0 saturated carbocycles. The van der Waals surface area contributed by atoms with Crippen molar-refractivity contribution in [3.8, 4) is 5.75 Å². The summed E-state index contributed by atoms with van der Waals surface area (Å²) >= 11 is 18.6. The zero-order valence-electron chi connectivity index (χ0n) is 15.5. The number of benzene rings is 3. The Balaban J connectivity index is 1.79. The summed E-state index contributed by atoms with van der Waals surface area (Å²) in [7, 11) is 0. The van der Waals surface area contributed by atoms with Gasteiger partial charge in [0.15, 0.2) is 0 Å². The highest BCUT2D eigenvalue weighted by atomic mass is 35.5. The third-order valence-electron chi connectivity index (χ3n) is 4.41. The summed E-state index contributed by atoms with van der Waals surface area (Å²) in [4.78, 5) is 11.2. The molecule has 0 unspecified atom stereocenters. The molecule has 3 aromatic carbocycles. The summed E-state index contributed by atoms with van der Waals surface area (Å²) in [5, 5.41) is 14.1. The van der Waals surface area contributed by atoms with Crippen LogP contribution >= 0.6 is 34.8 Å². The number of carboxylic acids is 1. The van der Waals surface area contributed by atoms with Gasteiger partial charge in [0.2, 0.25) is 0 Å². The molecule has 0 fully saturated rings. The fraction of sp³-hybridized carbons (Fsp3) is 0.136. The first kappa shape index (κ1) is 21.3. The first-order valence-corrected chi connectivity index (χ1v) is 9.90. The maximum Gasteiger partial charge on any atom is 0.335 e. The van der Waals surface area contributed by atoms with E-state index in [0.717, 1.165) is 16.8 Å². The quantitative estimate of drug-likeness (QED) is 0.413. The lowest BCUT2D eigenvalue weighted by molar-refractivity contribution is 0.0697. The lowest BCUT2D eigenvalue weighted by Crippen LogP contribution is -2.06. The van der Waals surface area contributed by atoms with Gasteiger partial charge in [0.25, 0.3) is 0 Å². The molecule has 0 heterocycles. The van der Waals surface area contributed by atoms with Crippen molar-refractivity contribution in [3.63, 3.8) is 0 Å². The van der Waals surface area contributed by atoms with Crippen LogP contribution < -0.4 is 10.1 Å². The van der Waals surface area contributed by atoms with E-state index >= 15 is 0 Å². The largest absolute Gasteiger partial charge is 0.488 e. The number of nitrogens with one attached hydrogen (secondary N) is 1. The minimum absolute atomic E-state index is 0.209. The average molecular weight is 451 g/mol. The molecule has 0 amide bonds. The number of aromatic carboxylic acids is 1. The van der Waals surface area contributed by atoms with Crippen LogP contribution in [-0.2, 0) is 13.2 Å². The Bertz CT molecular complexity index is 1030. The summed E-state index contributed by atoms with van der Waals surface area (Å²) in [6, 6.07) is 15.6. The van der Waals surface area contributed by atoms with Crippen LogP contribution in [0.3, 0.4) is 0 Å². The normalized spacial score (nSPS) is 10.6. The van der Waals surface area contributed by atoms with Crippen molar-refractivity contribution >= 4 is 46.5 Å². The van der Waals surface area contributed by atoms with Crippen LogP contribution in [-0.4, -0.2) is 11.1 Å². The zero-order chi connectivity index (χ0) is 21.0. The molecule has 29 heavy (non-hydrogen) atoms. The van der Waals surface area contributed by atoms with Crippen molar-refractivity contribution in [3.05, 3.63) is 91.9 Å². The molecule has 3 rings (SSSR count). The number of aryl methyl sites for hydroxylation is 1. The number of hydrogen-bond acceptors (Lipinski definition) is 3. The monoisotopic (exact) mass is 449 g/mol. The highest BCUT2D eigenvalue weighted by molar-refractivity contribution is 6.36. The summed E-state index contributed by atoms with van der Waals surface area (Å²) < 4.78 is 5.96. The van der Waals surface area contributed by atoms with Crippen molar-refractivity contribution in [2.75, 3.05) is 5.32 Å². The van der Waals surface area contributed by atoms with E-state index in [1.165, 1.54) is 0 Å². The SMILES string of the molecule is Cc1ccc(C(=O)O)cc1NCc1cc(Cl)ccc1OCc1c(Cl)cccc1Cl. The van der Waals surface area contributed by atoms with E-state index < -0.39 is 5.97 Å². The highest BCUT2D eigenvalue weighted by Gasteiger charge is 2.11. The molecule has 0 atom stereocenters. The second-order valence-corrected chi connectivity index (χ2v) is 7.68. The molecule has 0 aliphatic rings. The van der Waals surface area contributed by atoms with Crippen LogP contribution in [0.2, 0.25) is 15.1 Å². The first-order valence-electron chi connectivity index (χ1n) is 8.77. The molecule has 3 aromatic rings. The Kier molecular flexibility index (Phi) is 6.91. The van der Waals surface area contributed by atoms with E-state index in [2.05, 4.69) is 5.32 Å². The molecule has 0 aliphatic carbocycles. The average Bonchev–Trinajstić information content (AvgIpc) is 2.68. The lowest BCUT2D eigenvalue weighted by atomic mass is 10.1. The third-order valence-corrected chi connectivity index (χ3v) is 5.35. The summed E-state index contributed by atoms with van der Waals surface area (Å²) in [5.74, 6) is -0.346. The molecule has 7 heteroatoms. The molecule has 0 saturated heterocycles. The van der Waals surface area contributed by atoms with Crippen LogP contribution in [0.4, 0.5) is 5.69 Å². The molecule has 150 valence electrons. The van der Waals surface area contributed by atoms with Crippen molar-refractivity contribution in [1.29, 1.82) is 0 Å². The van der Waals surface area contributed by atoms with Gasteiger partial charge in [-0.15, -0.1) is 0 Å². The molecule has 2 N–H and O–H groups in total. The molecule has 0 spiro atoms. The van der Waals surface area contributed by atoms with Crippen molar-refractivity contribution in [2.24, 2.45) is 0 Å². The van der Waals surface area contributed by atoms with Gasteiger partial charge in [0.1, 0.15) is 12.4 Å². The van der Waals surface area contributed by atoms with E-state index in [9.17, 15) is 9.90 Å². The van der Waals surface area contributed by atoms with Gasteiger partial charge in [0.05, 0.1) is 5.56 Å². The lowest BCUT2D eigenvalue weighted by Gasteiger charge is -2.16. The minimum Gasteiger partial charge on any atom is -0.488 e. The first-order chi connectivity index (χ1) is 13.8. The molecular weight excluding hydrogens is 433 g/mol. The van der Waals surface area contributed by atoms with E-state index in [4.69, 9.17) is 39.5 Å². The maximum absolute atomic E-state index is 11.2. The maximum atomic E-state index is 11.2. The molecule has 4 nitrogen and oxygen atoms in total. The van der Waals surface area contributed by atoms with Crippen molar-refractivity contribution in [2.45, 2.75) is 20.1 Å². The van der Waals surface area contributed by atoms with Gasteiger partial charge in [-0.05, 0) is 55.0 Å². The van der Waals surface area contributed by atoms with E-state index in [-0.39, 0.29) is 12.2 Å². The van der Waals surface area contributed by atoms with Gasteiger partial charge in [-0.2, -0.15) is 0 Å². The molecule has 0 aromatic heterocycles. The smallest absolute Gasteiger partial charge is 0.335 e. The van der Waals surface area contributed by atoms with Crippen LogP contribution in [0.5, 0.6) is 5.75 Å². The number of carbonyl (C=O) groups is 1. The summed E-state index contributed by atoms with van der Waals surface area (Å²) in [6.07, 6.45) is 0. The van der Waals surface area contributed by atoms with Crippen LogP contribution in [0.1, 0.15) is 27.0 Å². The van der Waals surface area contributed by atoms with Gasteiger partial charge in [-0.3, -0.25) is 0 Å². The summed E-state index contributed by atoms with van der Waals surface area (Å²) in [6.45, 7) is 2.51. The second kappa shape index (κ2) is 9.40. The molecule has 0 aliphatic heterocycles. The Morgan fingerprint density at radius 3 is 2.45 bits per heavy atom. The molecule has 0 bridgehead atoms. The van der Waals surface area contributed by atoms with E-state index in [1.54, 1.807) is 54.6 Å². The number of ether oxygens (including phenoxy) is 1. The van der Waals surface area contributed by atoms with Crippen molar-refractivity contribution < 1.29 is 14.6 Å². The minimum atomic E-state index is -0.976. The van der Waals surface area contributed by atoms with E-state index in [0.29, 0.717) is 32.9 Å². The molecule has 0 radical (unpaired) electrons. The molecular formula is C22H18Cl3NO3. The van der Waals surface area contributed by atoms with Gasteiger partial charge >= 0.3 is 5.97 Å². The van der Waals surface area contributed by atoms with Gasteiger partial charge in [-0.25, -0.2) is 4.79 Å². The number of anilines is 1. The van der Waals surface area contributed by atoms with Gasteiger partial charge in [-0.1, -0.05) is 46.9 Å². The standard InChI is InChI=1S/C22H18Cl3NO3/c1-13-5-6-14(22(27)28)10-20(13)26-11-15-9-16(23)7-8-21(15)29-12-17-18(24)3-2-4-19(17)25/h2-10,26H,11-12H2,1H3,(H,27,28). The van der Waals surface area contributed by atoms with Crippen LogP contribution in [0, 0.1) is 6.92 Å². The predicted molar refractivity (Wildman–Crippen MR) is 118 cm³/mol. The Morgan fingerprint density at radius 2 is 1.76 bits per heavy atom.